The number of hydrogen-bond donors (Lipinski definition) is 1. The van der Waals surface area contributed by atoms with Crippen LogP contribution in [0.25, 0.3) is 0 Å². The van der Waals surface area contributed by atoms with E-state index < -0.39 is 5.97 Å². The molecule has 0 fully saturated rings. The van der Waals surface area contributed by atoms with Crippen molar-refractivity contribution in [2.45, 2.75) is 39.0 Å². The van der Waals surface area contributed by atoms with Gasteiger partial charge in [-0.1, -0.05) is 31.5 Å². The zero-order chi connectivity index (χ0) is 14.0. The molecule has 19 heavy (non-hydrogen) atoms. The van der Waals surface area contributed by atoms with Crippen molar-refractivity contribution < 1.29 is 14.7 Å². The van der Waals surface area contributed by atoms with Crippen molar-refractivity contribution in [2.75, 3.05) is 11.4 Å². The molecule has 1 aromatic rings. The number of carbonyl (C=O) groups is 2. The van der Waals surface area contributed by atoms with E-state index in [0.717, 1.165) is 29.7 Å². The second-order valence-electron chi connectivity index (χ2n) is 4.96. The first-order valence-corrected chi connectivity index (χ1v) is 6.71. The number of hydrogen-bond acceptors (Lipinski definition) is 2. The summed E-state index contributed by atoms with van der Waals surface area (Å²) in [6, 6.07) is 5.98. The maximum absolute atomic E-state index is 12.3. The second kappa shape index (κ2) is 5.43. The summed E-state index contributed by atoms with van der Waals surface area (Å²) in [5, 5.41) is 8.81. The van der Waals surface area contributed by atoms with E-state index in [-0.39, 0.29) is 24.8 Å². The van der Waals surface area contributed by atoms with Gasteiger partial charge < -0.3 is 10.0 Å². The van der Waals surface area contributed by atoms with Crippen molar-refractivity contribution in [3.63, 3.8) is 0 Å². The quantitative estimate of drug-likeness (QED) is 0.886. The fraction of sp³-hybridized carbons (Fsp3) is 0.467. The van der Waals surface area contributed by atoms with Gasteiger partial charge in [0.25, 0.3) is 0 Å². The Hall–Kier alpha value is -1.84. The molecule has 0 spiro atoms. The van der Waals surface area contributed by atoms with Crippen molar-refractivity contribution in [1.82, 2.24) is 0 Å². The molecule has 102 valence electrons. The molecule has 1 amide bonds. The summed E-state index contributed by atoms with van der Waals surface area (Å²) >= 11 is 0. The van der Waals surface area contributed by atoms with E-state index in [1.54, 1.807) is 4.90 Å². The number of aryl methyl sites for hydroxylation is 1. The smallest absolute Gasteiger partial charge is 0.305 e. The molecule has 0 saturated carbocycles. The highest BCUT2D eigenvalue weighted by molar-refractivity contribution is 6.05. The average Bonchev–Trinajstić information content (AvgIpc) is 2.62. The van der Waals surface area contributed by atoms with Gasteiger partial charge in [0, 0.05) is 6.54 Å². The van der Waals surface area contributed by atoms with Gasteiger partial charge in [-0.25, -0.2) is 0 Å². The Balaban J connectivity index is 2.38. The summed E-state index contributed by atoms with van der Waals surface area (Å²) in [4.78, 5) is 24.6. The zero-order valence-corrected chi connectivity index (χ0v) is 11.3. The van der Waals surface area contributed by atoms with E-state index in [2.05, 4.69) is 6.92 Å². The lowest BCUT2D eigenvalue weighted by molar-refractivity contribution is -0.136. The Morgan fingerprint density at radius 1 is 1.42 bits per heavy atom. The van der Waals surface area contributed by atoms with Gasteiger partial charge in [-0.3, -0.25) is 9.59 Å². The molecule has 4 heteroatoms. The molecule has 1 aliphatic heterocycles. The lowest BCUT2D eigenvalue weighted by Gasteiger charge is -2.19. The third-order valence-corrected chi connectivity index (χ3v) is 3.59. The maximum atomic E-state index is 12.3. The van der Waals surface area contributed by atoms with Gasteiger partial charge in [0.05, 0.1) is 18.0 Å². The lowest BCUT2D eigenvalue weighted by Crippen LogP contribution is -2.30. The van der Waals surface area contributed by atoms with Crippen LogP contribution >= 0.6 is 0 Å². The Morgan fingerprint density at radius 2 is 2.16 bits per heavy atom. The van der Waals surface area contributed by atoms with Crippen molar-refractivity contribution in [2.24, 2.45) is 0 Å². The topological polar surface area (TPSA) is 57.6 Å². The molecule has 2 rings (SSSR count). The summed E-state index contributed by atoms with van der Waals surface area (Å²) in [5.74, 6) is -1.03. The Labute approximate surface area is 113 Å². The van der Waals surface area contributed by atoms with Gasteiger partial charge in [0.1, 0.15) is 0 Å². The van der Waals surface area contributed by atoms with Crippen molar-refractivity contribution >= 4 is 17.6 Å². The molecule has 0 aromatic heterocycles. The van der Waals surface area contributed by atoms with Crippen molar-refractivity contribution in [1.29, 1.82) is 0 Å². The number of anilines is 1. The molecule has 1 N–H and O–H groups in total. The van der Waals surface area contributed by atoms with Crippen LogP contribution in [0, 0.1) is 0 Å². The molecule has 1 atom stereocenters. The lowest BCUT2D eigenvalue weighted by atomic mass is 9.98. The van der Waals surface area contributed by atoms with Gasteiger partial charge in [0.15, 0.2) is 0 Å². The van der Waals surface area contributed by atoms with Crippen molar-refractivity contribution in [3.05, 3.63) is 29.3 Å². The first kappa shape index (κ1) is 13.6. The fourth-order valence-corrected chi connectivity index (χ4v) is 2.67. The Morgan fingerprint density at radius 3 is 2.79 bits per heavy atom. The number of rotatable bonds is 5. The Kier molecular flexibility index (Phi) is 3.88. The molecule has 1 aromatic carbocycles. The number of para-hydroxylation sites is 1. The molecular formula is C15H19NO3. The number of benzene rings is 1. The number of carboxylic acid groups (broad SMARTS) is 1. The largest absolute Gasteiger partial charge is 0.481 e. The van der Waals surface area contributed by atoms with E-state index >= 15 is 0 Å². The zero-order valence-electron chi connectivity index (χ0n) is 11.3. The predicted octanol–water partition coefficient (Wildman–Crippen LogP) is 2.56. The minimum absolute atomic E-state index is 0.0137. The molecular weight excluding hydrogens is 242 g/mol. The first-order valence-electron chi connectivity index (χ1n) is 6.71. The van der Waals surface area contributed by atoms with Crippen LogP contribution in [0.4, 0.5) is 5.69 Å². The summed E-state index contributed by atoms with van der Waals surface area (Å²) < 4.78 is 0. The predicted molar refractivity (Wildman–Crippen MR) is 73.5 cm³/mol. The van der Waals surface area contributed by atoms with Crippen LogP contribution in [-0.4, -0.2) is 23.5 Å². The number of carboxylic acids is 1. The highest BCUT2D eigenvalue weighted by Gasteiger charge is 2.35. The first-order chi connectivity index (χ1) is 9.06. The van der Waals surface area contributed by atoms with Crippen LogP contribution in [0.3, 0.4) is 0 Å². The SMILES string of the molecule is CCCc1cccc2c1N(CCC(=O)O)C(=O)C2C. The third kappa shape index (κ3) is 2.48. The van der Waals surface area contributed by atoms with Gasteiger partial charge in [-0.05, 0) is 24.5 Å². The highest BCUT2D eigenvalue weighted by Crippen LogP contribution is 2.40. The molecule has 1 heterocycles. The van der Waals surface area contributed by atoms with Crippen LogP contribution in [0.2, 0.25) is 0 Å². The van der Waals surface area contributed by atoms with Crippen LogP contribution in [0.15, 0.2) is 18.2 Å². The minimum atomic E-state index is -0.873. The molecule has 4 nitrogen and oxygen atoms in total. The van der Waals surface area contributed by atoms with E-state index in [1.807, 2.05) is 25.1 Å². The normalized spacial score (nSPS) is 17.7. The Bertz CT molecular complexity index is 510. The second-order valence-corrected chi connectivity index (χ2v) is 4.96. The highest BCUT2D eigenvalue weighted by atomic mass is 16.4. The molecule has 0 saturated heterocycles. The molecule has 0 bridgehead atoms. The van der Waals surface area contributed by atoms with Crippen LogP contribution in [0.1, 0.15) is 43.7 Å². The standard InChI is InChI=1S/C15H19NO3/c1-3-5-11-6-4-7-12-10(2)15(19)16(14(11)12)9-8-13(17)18/h4,6-7,10H,3,5,8-9H2,1-2H3,(H,17,18). The van der Waals surface area contributed by atoms with E-state index in [9.17, 15) is 9.59 Å². The summed E-state index contributed by atoms with van der Waals surface area (Å²) in [7, 11) is 0. The van der Waals surface area contributed by atoms with Crippen LogP contribution < -0.4 is 4.90 Å². The van der Waals surface area contributed by atoms with E-state index in [1.165, 1.54) is 0 Å². The van der Waals surface area contributed by atoms with Gasteiger partial charge in [-0.15, -0.1) is 0 Å². The summed E-state index contributed by atoms with van der Waals surface area (Å²) in [6.07, 6.45) is 1.90. The minimum Gasteiger partial charge on any atom is -0.481 e. The van der Waals surface area contributed by atoms with Crippen molar-refractivity contribution in [3.8, 4) is 0 Å². The van der Waals surface area contributed by atoms with Gasteiger partial charge in [0.2, 0.25) is 5.91 Å². The number of amides is 1. The third-order valence-electron chi connectivity index (χ3n) is 3.59. The number of carbonyl (C=O) groups excluding carboxylic acids is 1. The van der Waals surface area contributed by atoms with Gasteiger partial charge in [-0.2, -0.15) is 0 Å². The summed E-state index contributed by atoms with van der Waals surface area (Å²) in [5.41, 5.74) is 3.12. The number of nitrogens with zero attached hydrogens (tertiary/aromatic N) is 1. The molecule has 0 aliphatic carbocycles. The summed E-state index contributed by atoms with van der Waals surface area (Å²) in [6.45, 7) is 4.24. The van der Waals surface area contributed by atoms with E-state index in [0.29, 0.717) is 0 Å². The van der Waals surface area contributed by atoms with E-state index in [4.69, 9.17) is 5.11 Å². The average molecular weight is 261 g/mol. The molecule has 1 aliphatic rings. The monoisotopic (exact) mass is 261 g/mol. The van der Waals surface area contributed by atoms with Crippen LogP contribution in [-0.2, 0) is 16.0 Å². The maximum Gasteiger partial charge on any atom is 0.305 e. The number of fused-ring (bicyclic) bond motifs is 1. The molecule has 0 radical (unpaired) electrons. The fourth-order valence-electron chi connectivity index (χ4n) is 2.67. The van der Waals surface area contributed by atoms with Crippen LogP contribution in [0.5, 0.6) is 0 Å². The molecule has 1 unspecified atom stereocenters. The number of aliphatic carboxylic acids is 1. The van der Waals surface area contributed by atoms with Gasteiger partial charge >= 0.3 is 5.97 Å².